The molecule has 8 heteroatoms. The van der Waals surface area contributed by atoms with E-state index in [1.165, 1.54) is 0 Å². The van der Waals surface area contributed by atoms with Crippen molar-refractivity contribution in [2.75, 3.05) is 13.1 Å². The van der Waals surface area contributed by atoms with E-state index in [1.807, 2.05) is 24.4 Å². The fourth-order valence-corrected chi connectivity index (χ4v) is 3.55. The van der Waals surface area contributed by atoms with Crippen molar-refractivity contribution in [3.8, 4) is 5.69 Å². The maximum atomic E-state index is 12.9. The fourth-order valence-electron chi connectivity index (χ4n) is 3.55. The third kappa shape index (κ3) is 3.41. The van der Waals surface area contributed by atoms with Gasteiger partial charge in [0, 0.05) is 37.2 Å². The van der Waals surface area contributed by atoms with Gasteiger partial charge in [0.1, 0.15) is 5.69 Å². The molecule has 2 bridgehead atoms. The van der Waals surface area contributed by atoms with Gasteiger partial charge in [-0.25, -0.2) is 4.68 Å². The van der Waals surface area contributed by atoms with E-state index in [0.717, 1.165) is 38.0 Å². The highest BCUT2D eigenvalue weighted by atomic mass is 35.5. The lowest BCUT2D eigenvalue weighted by molar-refractivity contribution is 0.0674. The summed E-state index contributed by atoms with van der Waals surface area (Å²) in [5, 5.41) is 7.63. The van der Waals surface area contributed by atoms with Gasteiger partial charge in [0.25, 0.3) is 5.91 Å². The largest absolute Gasteiger partial charge is 0.330 e. The SMILES string of the molecule is Cl.Cl.O=C(c1cc(-n2cccn2)ccn1)N1C2CCNCC1CC2. The number of fused-ring (bicyclic) bond motifs is 2. The molecule has 24 heavy (non-hydrogen) atoms. The van der Waals surface area contributed by atoms with Crippen molar-refractivity contribution in [2.24, 2.45) is 0 Å². The van der Waals surface area contributed by atoms with Gasteiger partial charge in [0.05, 0.1) is 5.69 Å². The number of carbonyl (C=O) groups excluding carboxylic acids is 1. The molecule has 4 heterocycles. The Morgan fingerprint density at radius 2 is 2.00 bits per heavy atom. The Balaban J connectivity index is 0.00000104. The van der Waals surface area contributed by atoms with Crippen molar-refractivity contribution in [3.63, 3.8) is 0 Å². The predicted octanol–water partition coefficient (Wildman–Crippen LogP) is 2.08. The van der Waals surface area contributed by atoms with Gasteiger partial charge in [-0.05, 0) is 44.0 Å². The van der Waals surface area contributed by atoms with E-state index >= 15 is 0 Å². The zero-order chi connectivity index (χ0) is 14.9. The van der Waals surface area contributed by atoms with Crippen molar-refractivity contribution < 1.29 is 4.79 Å². The monoisotopic (exact) mass is 369 g/mol. The van der Waals surface area contributed by atoms with Crippen molar-refractivity contribution in [1.82, 2.24) is 25.0 Å². The van der Waals surface area contributed by atoms with Crippen LogP contribution in [0.3, 0.4) is 0 Å². The van der Waals surface area contributed by atoms with Crippen LogP contribution in [0, 0.1) is 0 Å². The number of amides is 1. The smallest absolute Gasteiger partial charge is 0.273 e. The molecule has 1 N–H and O–H groups in total. The Labute approximate surface area is 153 Å². The lowest BCUT2D eigenvalue weighted by Crippen LogP contribution is -2.42. The van der Waals surface area contributed by atoms with Crippen LogP contribution < -0.4 is 5.32 Å². The van der Waals surface area contributed by atoms with Gasteiger partial charge in [-0.2, -0.15) is 5.10 Å². The minimum atomic E-state index is 0. The standard InChI is InChI=1S/C16H19N5O.2ClH/c22-16(21-12-2-3-14(21)11-17-7-4-12)15-10-13(5-8-18-15)20-9-1-6-19-20;;/h1,5-6,8-10,12,14,17H,2-4,7,11H2;2*1H. The zero-order valence-electron chi connectivity index (χ0n) is 13.2. The molecule has 2 fully saturated rings. The Bertz CT molecular complexity index is 665. The minimum absolute atomic E-state index is 0. The maximum absolute atomic E-state index is 12.9. The van der Waals surface area contributed by atoms with Gasteiger partial charge in [-0.15, -0.1) is 24.8 Å². The molecule has 0 aliphatic carbocycles. The van der Waals surface area contributed by atoms with E-state index in [9.17, 15) is 4.79 Å². The first-order chi connectivity index (χ1) is 10.8. The van der Waals surface area contributed by atoms with Crippen LogP contribution in [0.25, 0.3) is 5.69 Å². The second kappa shape index (κ2) is 7.96. The molecule has 2 aromatic rings. The highest BCUT2D eigenvalue weighted by Gasteiger charge is 2.38. The molecule has 2 saturated heterocycles. The van der Waals surface area contributed by atoms with Gasteiger partial charge in [0.15, 0.2) is 0 Å². The molecule has 0 saturated carbocycles. The number of hydrogen-bond donors (Lipinski definition) is 1. The van der Waals surface area contributed by atoms with Crippen molar-refractivity contribution in [1.29, 1.82) is 0 Å². The van der Waals surface area contributed by atoms with E-state index in [1.54, 1.807) is 17.1 Å². The molecule has 6 nitrogen and oxygen atoms in total. The number of rotatable bonds is 2. The molecule has 2 aromatic heterocycles. The first-order valence-electron chi connectivity index (χ1n) is 7.82. The Morgan fingerprint density at radius 3 is 2.79 bits per heavy atom. The molecule has 0 aromatic carbocycles. The van der Waals surface area contributed by atoms with Crippen LogP contribution in [0.4, 0.5) is 0 Å². The number of nitrogens with one attached hydrogen (secondary N) is 1. The predicted molar refractivity (Wildman–Crippen MR) is 96.3 cm³/mol. The maximum Gasteiger partial charge on any atom is 0.273 e. The second-order valence-electron chi connectivity index (χ2n) is 5.94. The average Bonchev–Trinajstić information content (AvgIpc) is 3.14. The molecule has 1 amide bonds. The van der Waals surface area contributed by atoms with Crippen LogP contribution in [-0.4, -0.2) is 50.7 Å². The number of carbonyl (C=O) groups is 1. The molecule has 2 aliphatic heterocycles. The van der Waals surface area contributed by atoms with Gasteiger partial charge < -0.3 is 10.2 Å². The van der Waals surface area contributed by atoms with Gasteiger partial charge >= 0.3 is 0 Å². The molecule has 4 rings (SSSR count). The highest BCUT2D eigenvalue weighted by molar-refractivity contribution is 5.93. The summed E-state index contributed by atoms with van der Waals surface area (Å²) in [4.78, 5) is 19.3. The van der Waals surface area contributed by atoms with Crippen LogP contribution in [0.5, 0.6) is 0 Å². The van der Waals surface area contributed by atoms with E-state index in [-0.39, 0.29) is 30.7 Å². The summed E-state index contributed by atoms with van der Waals surface area (Å²) in [5.41, 5.74) is 1.37. The third-order valence-corrected chi connectivity index (χ3v) is 4.62. The van der Waals surface area contributed by atoms with E-state index < -0.39 is 0 Å². The minimum Gasteiger partial charge on any atom is -0.330 e. The first kappa shape index (κ1) is 18.7. The Hall–Kier alpha value is -1.63. The summed E-state index contributed by atoms with van der Waals surface area (Å²) < 4.78 is 1.75. The normalized spacial score (nSPS) is 22.2. The molecule has 0 spiro atoms. The fraction of sp³-hybridized carbons (Fsp3) is 0.438. The highest BCUT2D eigenvalue weighted by Crippen LogP contribution is 2.29. The first-order valence-corrected chi connectivity index (χ1v) is 7.82. The van der Waals surface area contributed by atoms with Gasteiger partial charge in [-0.3, -0.25) is 9.78 Å². The number of nitrogens with zero attached hydrogens (tertiary/aromatic N) is 4. The molecule has 0 radical (unpaired) electrons. The quantitative estimate of drug-likeness (QED) is 0.879. The van der Waals surface area contributed by atoms with E-state index in [4.69, 9.17) is 0 Å². The topological polar surface area (TPSA) is 63.1 Å². The summed E-state index contributed by atoms with van der Waals surface area (Å²) in [6.45, 7) is 1.88. The van der Waals surface area contributed by atoms with Crippen LogP contribution >= 0.6 is 24.8 Å². The molecule has 2 aliphatic rings. The summed E-state index contributed by atoms with van der Waals surface area (Å²) >= 11 is 0. The van der Waals surface area contributed by atoms with E-state index in [0.29, 0.717) is 17.8 Å². The van der Waals surface area contributed by atoms with Crippen molar-refractivity contribution in [3.05, 3.63) is 42.5 Å². The number of aromatic nitrogens is 3. The summed E-state index contributed by atoms with van der Waals surface area (Å²) in [6, 6.07) is 6.20. The van der Waals surface area contributed by atoms with Crippen LogP contribution in [0.15, 0.2) is 36.8 Å². The van der Waals surface area contributed by atoms with Crippen LogP contribution in [0.1, 0.15) is 29.8 Å². The molecule has 130 valence electrons. The second-order valence-corrected chi connectivity index (χ2v) is 5.94. The zero-order valence-corrected chi connectivity index (χ0v) is 14.8. The third-order valence-electron chi connectivity index (χ3n) is 4.62. The van der Waals surface area contributed by atoms with Crippen LogP contribution in [-0.2, 0) is 0 Å². The lowest BCUT2D eigenvalue weighted by atomic mass is 10.1. The Morgan fingerprint density at radius 1 is 1.17 bits per heavy atom. The summed E-state index contributed by atoms with van der Waals surface area (Å²) in [7, 11) is 0. The molecular weight excluding hydrogens is 349 g/mol. The summed E-state index contributed by atoms with van der Waals surface area (Å²) in [5.74, 6) is 0.0465. The molecule has 2 atom stereocenters. The molecule has 2 unspecified atom stereocenters. The molecular formula is C16H21Cl2N5O. The lowest BCUT2D eigenvalue weighted by Gasteiger charge is -2.27. The van der Waals surface area contributed by atoms with E-state index in [2.05, 4.69) is 20.3 Å². The van der Waals surface area contributed by atoms with Crippen molar-refractivity contribution in [2.45, 2.75) is 31.3 Å². The number of hydrogen-bond acceptors (Lipinski definition) is 4. The number of pyridine rings is 1. The van der Waals surface area contributed by atoms with Crippen LogP contribution in [0.2, 0.25) is 0 Å². The number of halogens is 2. The van der Waals surface area contributed by atoms with Crippen molar-refractivity contribution >= 4 is 30.7 Å². The van der Waals surface area contributed by atoms with Gasteiger partial charge in [-0.1, -0.05) is 0 Å². The summed E-state index contributed by atoms with van der Waals surface area (Å²) in [6.07, 6.45) is 8.49. The average molecular weight is 370 g/mol. The Kier molecular flexibility index (Phi) is 6.21. The van der Waals surface area contributed by atoms with Gasteiger partial charge in [0.2, 0.25) is 0 Å².